The first kappa shape index (κ1) is 34.7. The monoisotopic (exact) mass is 694 g/mol. The number of likely N-dealkylation sites (N-methyl/N-ethyl adjacent to an activating group) is 1. The number of methoxy groups -OCH3 is 1. The quantitative estimate of drug-likeness (QED) is 0.244. The number of hydrogen-bond acceptors (Lipinski definition) is 8. The number of nitrogens with one attached hydrogen (secondary N) is 2. The summed E-state index contributed by atoms with van der Waals surface area (Å²) in [7, 11) is -1.23. The van der Waals surface area contributed by atoms with Crippen LogP contribution in [0.25, 0.3) is 10.9 Å². The lowest BCUT2D eigenvalue weighted by Crippen LogP contribution is -2.49. The molecule has 0 unspecified atom stereocenters. The van der Waals surface area contributed by atoms with Crippen LogP contribution in [0.5, 0.6) is 0 Å². The zero-order chi connectivity index (χ0) is 35.0. The third kappa shape index (κ3) is 7.12. The summed E-state index contributed by atoms with van der Waals surface area (Å²) in [6, 6.07) is 8.54. The molecule has 0 bridgehead atoms. The molecular weight excluding hydrogens is 663 g/mol. The van der Waals surface area contributed by atoms with Crippen LogP contribution < -0.4 is 15.1 Å². The van der Waals surface area contributed by atoms with Crippen molar-refractivity contribution in [1.82, 2.24) is 15.1 Å². The number of sulfone groups is 1. The number of nitrogens with zero attached hydrogens (tertiary/aromatic N) is 4. The van der Waals surface area contributed by atoms with Gasteiger partial charge in [-0.3, -0.25) is 19.6 Å². The number of aromatic amines is 1. The number of carbonyl (C=O) groups excluding carboxylic acids is 2. The van der Waals surface area contributed by atoms with Gasteiger partial charge in [0.2, 0.25) is 9.84 Å². The Hall–Kier alpha value is -4.61. The minimum atomic E-state index is -5.29. The number of alkyl halides is 3. The molecule has 4 aromatic rings. The van der Waals surface area contributed by atoms with Gasteiger partial charge in [-0.15, -0.1) is 0 Å². The van der Waals surface area contributed by atoms with Crippen LogP contribution in [-0.2, 0) is 19.4 Å². The van der Waals surface area contributed by atoms with Crippen molar-refractivity contribution < 1.29 is 44.7 Å². The lowest BCUT2D eigenvalue weighted by atomic mass is 10.1. The number of piperazine rings is 1. The Balaban J connectivity index is 1.56. The molecule has 5 rings (SSSR count). The fourth-order valence-electron chi connectivity index (χ4n) is 5.42. The molecule has 2 N–H and O–H groups in total. The van der Waals surface area contributed by atoms with Crippen LogP contribution in [0, 0.1) is 11.6 Å². The standard InChI is InChI=1S/C31H31F5N6O5S/c1-18(17-47-3)42(30(44)31(34,35)36)27-15-21(41-10-8-40(2)9-11-41)4-6-24(27)29(43)37-28-25-16-22(5-7-26(25)38-39-28)48(45,46)23-13-19(32)12-20(33)14-23/h4-7,12-16,18H,8-11,17H2,1-3H3,(H2,37,38,39,43)/t18-/m0/s1. The maximum atomic E-state index is 13.9. The Kier molecular flexibility index (Phi) is 9.75. The summed E-state index contributed by atoms with van der Waals surface area (Å²) in [5.41, 5.74) is 0.131. The van der Waals surface area contributed by atoms with Crippen LogP contribution in [0.15, 0.2) is 64.4 Å². The van der Waals surface area contributed by atoms with E-state index in [1.165, 1.54) is 38.3 Å². The van der Waals surface area contributed by atoms with E-state index in [1.807, 2.05) is 11.9 Å². The van der Waals surface area contributed by atoms with Crippen LogP contribution in [0.4, 0.5) is 39.1 Å². The van der Waals surface area contributed by atoms with Gasteiger partial charge >= 0.3 is 12.1 Å². The van der Waals surface area contributed by atoms with Gasteiger partial charge in [0.15, 0.2) is 5.82 Å². The number of ether oxygens (including phenoxy) is 1. The molecule has 1 aliphatic heterocycles. The predicted octanol–water partition coefficient (Wildman–Crippen LogP) is 4.61. The number of carbonyl (C=O) groups is 2. The molecule has 11 nitrogen and oxygen atoms in total. The van der Waals surface area contributed by atoms with Crippen molar-refractivity contribution in [3.63, 3.8) is 0 Å². The summed E-state index contributed by atoms with van der Waals surface area (Å²) < 4.78 is 101. The van der Waals surface area contributed by atoms with Crippen LogP contribution in [0.2, 0.25) is 0 Å². The molecule has 2 amide bonds. The van der Waals surface area contributed by atoms with Crippen molar-refractivity contribution in [2.24, 2.45) is 0 Å². The lowest BCUT2D eigenvalue weighted by molar-refractivity contribution is -0.171. The van der Waals surface area contributed by atoms with Gasteiger partial charge in [0, 0.05) is 50.4 Å². The van der Waals surface area contributed by atoms with Crippen molar-refractivity contribution in [1.29, 1.82) is 0 Å². The first-order chi connectivity index (χ1) is 22.6. The topological polar surface area (TPSA) is 128 Å². The van der Waals surface area contributed by atoms with Crippen LogP contribution >= 0.6 is 0 Å². The largest absolute Gasteiger partial charge is 0.471 e. The molecule has 0 saturated carbocycles. The molecular formula is C31H31F5N6O5S. The highest BCUT2D eigenvalue weighted by atomic mass is 32.2. The number of fused-ring (bicyclic) bond motifs is 1. The number of hydrogen-bond donors (Lipinski definition) is 2. The van der Waals surface area contributed by atoms with Crippen molar-refractivity contribution in [3.8, 4) is 0 Å². The molecule has 48 heavy (non-hydrogen) atoms. The Morgan fingerprint density at radius 2 is 1.67 bits per heavy atom. The van der Waals surface area contributed by atoms with Crippen LogP contribution in [0.1, 0.15) is 17.3 Å². The molecule has 17 heteroatoms. The fraction of sp³-hybridized carbons (Fsp3) is 0.323. The average Bonchev–Trinajstić information content (AvgIpc) is 3.42. The summed E-state index contributed by atoms with van der Waals surface area (Å²) in [6.45, 7) is 3.54. The Morgan fingerprint density at radius 3 is 2.29 bits per heavy atom. The fourth-order valence-corrected chi connectivity index (χ4v) is 6.75. The third-order valence-corrected chi connectivity index (χ3v) is 9.62. The van der Waals surface area contributed by atoms with Crippen molar-refractivity contribution in [2.45, 2.75) is 28.9 Å². The normalized spacial score (nSPS) is 15.0. The molecule has 1 fully saturated rings. The smallest absolute Gasteiger partial charge is 0.383 e. The summed E-state index contributed by atoms with van der Waals surface area (Å²) in [4.78, 5) is 30.1. The van der Waals surface area contributed by atoms with E-state index in [0.717, 1.165) is 6.07 Å². The van der Waals surface area contributed by atoms with Gasteiger partial charge in [0.1, 0.15) is 11.6 Å². The van der Waals surface area contributed by atoms with Crippen molar-refractivity contribution >= 4 is 49.7 Å². The molecule has 1 aromatic heterocycles. The van der Waals surface area contributed by atoms with Gasteiger partial charge in [0.25, 0.3) is 5.91 Å². The summed E-state index contributed by atoms with van der Waals surface area (Å²) in [5, 5.41) is 9.24. The second-order valence-electron chi connectivity index (χ2n) is 11.3. The average molecular weight is 695 g/mol. The minimum absolute atomic E-state index is 0.0767. The number of aromatic nitrogens is 2. The highest BCUT2D eigenvalue weighted by Crippen LogP contribution is 2.34. The molecule has 3 aromatic carbocycles. The molecule has 1 saturated heterocycles. The molecule has 0 spiro atoms. The van der Waals surface area contributed by atoms with Crippen LogP contribution in [-0.4, -0.2) is 94.5 Å². The molecule has 0 aliphatic carbocycles. The van der Waals surface area contributed by atoms with Gasteiger partial charge < -0.3 is 19.9 Å². The maximum Gasteiger partial charge on any atom is 0.471 e. The number of anilines is 3. The second-order valence-corrected chi connectivity index (χ2v) is 13.3. The van der Waals surface area contributed by atoms with E-state index in [4.69, 9.17) is 4.74 Å². The summed E-state index contributed by atoms with van der Waals surface area (Å²) in [5.74, 6) is -5.54. The second kappa shape index (κ2) is 13.5. The van der Waals surface area contributed by atoms with Crippen molar-refractivity contribution in [2.75, 3.05) is 62.1 Å². The maximum absolute atomic E-state index is 13.9. The number of amides is 2. The number of halogens is 5. The minimum Gasteiger partial charge on any atom is -0.383 e. The third-order valence-electron chi connectivity index (χ3n) is 7.89. The summed E-state index contributed by atoms with van der Waals surface area (Å²) in [6.07, 6.45) is -5.29. The SMILES string of the molecule is COC[C@H](C)N(C(=O)C(F)(F)F)c1cc(N2CCN(C)CC2)ccc1C(=O)Nc1n[nH]c2ccc(S(=O)(=O)c3cc(F)cc(F)c3)cc12. The van der Waals surface area contributed by atoms with E-state index in [1.54, 1.807) is 6.07 Å². The molecule has 256 valence electrons. The van der Waals surface area contributed by atoms with E-state index >= 15 is 0 Å². The van der Waals surface area contributed by atoms with E-state index in [0.29, 0.717) is 55.0 Å². The van der Waals surface area contributed by atoms with E-state index in [-0.39, 0.29) is 39.5 Å². The number of H-pyrrole nitrogens is 1. The molecule has 1 aliphatic rings. The summed E-state index contributed by atoms with van der Waals surface area (Å²) >= 11 is 0. The van der Waals surface area contributed by atoms with Gasteiger partial charge in [0.05, 0.1) is 39.2 Å². The van der Waals surface area contributed by atoms with E-state index < -0.39 is 50.4 Å². The van der Waals surface area contributed by atoms with E-state index in [9.17, 15) is 40.0 Å². The Labute approximate surface area is 272 Å². The Bertz CT molecular complexity index is 1940. The van der Waals surface area contributed by atoms with Gasteiger partial charge in [-0.1, -0.05) is 0 Å². The van der Waals surface area contributed by atoms with Gasteiger partial charge in [-0.25, -0.2) is 17.2 Å². The first-order valence-corrected chi connectivity index (χ1v) is 16.1. The predicted molar refractivity (Wildman–Crippen MR) is 167 cm³/mol. The Morgan fingerprint density at radius 1 is 1.00 bits per heavy atom. The molecule has 1 atom stereocenters. The molecule has 2 heterocycles. The number of benzene rings is 3. The number of rotatable bonds is 9. The lowest BCUT2D eigenvalue weighted by Gasteiger charge is -2.36. The zero-order valence-corrected chi connectivity index (χ0v) is 26.8. The van der Waals surface area contributed by atoms with Crippen molar-refractivity contribution in [3.05, 3.63) is 71.8 Å². The van der Waals surface area contributed by atoms with Crippen LogP contribution in [0.3, 0.4) is 0 Å². The zero-order valence-electron chi connectivity index (χ0n) is 25.9. The van der Waals surface area contributed by atoms with Gasteiger partial charge in [-0.2, -0.15) is 18.3 Å². The highest BCUT2D eigenvalue weighted by molar-refractivity contribution is 7.91. The first-order valence-electron chi connectivity index (χ1n) is 14.6. The molecule has 0 radical (unpaired) electrons. The highest BCUT2D eigenvalue weighted by Gasteiger charge is 2.45. The van der Waals surface area contributed by atoms with E-state index in [2.05, 4.69) is 20.4 Å². The van der Waals surface area contributed by atoms with Gasteiger partial charge in [-0.05, 0) is 62.5 Å².